The van der Waals surface area contributed by atoms with E-state index in [1.54, 1.807) is 30.9 Å². The van der Waals surface area contributed by atoms with Crippen molar-refractivity contribution >= 4 is 5.97 Å². The van der Waals surface area contributed by atoms with Gasteiger partial charge in [-0.3, -0.25) is 9.48 Å². The SMILES string of the molecule is C[C@H](C(=O)O)c1ccn(C)n1. The lowest BCUT2D eigenvalue weighted by molar-refractivity contribution is -0.138. The summed E-state index contributed by atoms with van der Waals surface area (Å²) in [6, 6.07) is 1.71. The summed E-state index contributed by atoms with van der Waals surface area (Å²) in [5, 5.41) is 12.6. The summed E-state index contributed by atoms with van der Waals surface area (Å²) in [4.78, 5) is 10.5. The van der Waals surface area contributed by atoms with Gasteiger partial charge in [0, 0.05) is 13.2 Å². The molecule has 0 fully saturated rings. The van der Waals surface area contributed by atoms with Gasteiger partial charge in [-0.1, -0.05) is 0 Å². The molecule has 0 aliphatic carbocycles. The minimum absolute atomic E-state index is 0.517. The standard InChI is InChI=1S/C7H10N2O2/c1-5(7(10)11)6-3-4-9(2)8-6/h3-5H,1-2H3,(H,10,11)/t5-/m0/s1. The third-order valence-corrected chi connectivity index (χ3v) is 1.55. The quantitative estimate of drug-likeness (QED) is 0.679. The van der Waals surface area contributed by atoms with Gasteiger partial charge in [0.25, 0.3) is 0 Å². The van der Waals surface area contributed by atoms with E-state index < -0.39 is 11.9 Å². The van der Waals surface area contributed by atoms with Crippen molar-refractivity contribution in [2.24, 2.45) is 7.05 Å². The van der Waals surface area contributed by atoms with Gasteiger partial charge < -0.3 is 5.11 Å². The van der Waals surface area contributed by atoms with Crippen LogP contribution in [0.3, 0.4) is 0 Å². The van der Waals surface area contributed by atoms with Crippen LogP contribution in [0.1, 0.15) is 18.5 Å². The molecule has 0 saturated heterocycles. The van der Waals surface area contributed by atoms with Gasteiger partial charge in [-0.15, -0.1) is 0 Å². The Hall–Kier alpha value is -1.32. The number of carboxylic acids is 1. The maximum absolute atomic E-state index is 10.5. The summed E-state index contributed by atoms with van der Waals surface area (Å²) in [6.07, 6.45) is 1.73. The van der Waals surface area contributed by atoms with E-state index >= 15 is 0 Å². The second-order valence-corrected chi connectivity index (χ2v) is 2.47. The Morgan fingerprint density at radius 2 is 2.45 bits per heavy atom. The summed E-state index contributed by atoms with van der Waals surface area (Å²) < 4.78 is 1.59. The number of aromatic nitrogens is 2. The number of carboxylic acid groups (broad SMARTS) is 1. The van der Waals surface area contributed by atoms with Crippen molar-refractivity contribution in [3.05, 3.63) is 18.0 Å². The zero-order chi connectivity index (χ0) is 8.43. The molecule has 4 nitrogen and oxygen atoms in total. The van der Waals surface area contributed by atoms with Crippen molar-refractivity contribution in [1.82, 2.24) is 9.78 Å². The lowest BCUT2D eigenvalue weighted by Crippen LogP contribution is -2.08. The summed E-state index contributed by atoms with van der Waals surface area (Å²) in [5.74, 6) is -1.36. The van der Waals surface area contributed by atoms with Gasteiger partial charge in [-0.2, -0.15) is 5.10 Å². The van der Waals surface area contributed by atoms with E-state index in [0.29, 0.717) is 5.69 Å². The van der Waals surface area contributed by atoms with Crippen LogP contribution in [0, 0.1) is 0 Å². The Labute approximate surface area is 64.5 Å². The number of carbonyl (C=O) groups is 1. The van der Waals surface area contributed by atoms with Crippen LogP contribution in [0.25, 0.3) is 0 Å². The molecule has 0 amide bonds. The Kier molecular flexibility index (Phi) is 1.94. The van der Waals surface area contributed by atoms with Gasteiger partial charge in [-0.25, -0.2) is 0 Å². The lowest BCUT2D eigenvalue weighted by atomic mass is 10.1. The van der Waals surface area contributed by atoms with E-state index in [2.05, 4.69) is 5.10 Å². The molecule has 1 aromatic heterocycles. The minimum Gasteiger partial charge on any atom is -0.481 e. The van der Waals surface area contributed by atoms with Crippen molar-refractivity contribution in [2.45, 2.75) is 12.8 Å². The van der Waals surface area contributed by atoms with Crippen molar-refractivity contribution in [3.63, 3.8) is 0 Å². The van der Waals surface area contributed by atoms with Gasteiger partial charge >= 0.3 is 5.97 Å². The summed E-state index contributed by atoms with van der Waals surface area (Å²) >= 11 is 0. The second-order valence-electron chi connectivity index (χ2n) is 2.47. The molecule has 1 heterocycles. The van der Waals surface area contributed by atoms with Crippen molar-refractivity contribution in [3.8, 4) is 0 Å². The zero-order valence-corrected chi connectivity index (χ0v) is 6.48. The molecule has 0 aromatic carbocycles. The molecule has 0 aliphatic heterocycles. The number of nitrogens with zero attached hydrogens (tertiary/aromatic N) is 2. The van der Waals surface area contributed by atoms with Crippen LogP contribution in [0.15, 0.2) is 12.3 Å². The van der Waals surface area contributed by atoms with Gasteiger partial charge in [0.05, 0.1) is 11.6 Å². The Morgan fingerprint density at radius 1 is 1.82 bits per heavy atom. The first-order valence-corrected chi connectivity index (χ1v) is 3.33. The van der Waals surface area contributed by atoms with Crippen LogP contribution in [-0.4, -0.2) is 20.9 Å². The van der Waals surface area contributed by atoms with Gasteiger partial charge in [0.2, 0.25) is 0 Å². The summed E-state index contributed by atoms with van der Waals surface area (Å²) in [7, 11) is 1.76. The molecule has 1 rings (SSSR count). The van der Waals surface area contributed by atoms with E-state index in [1.807, 2.05) is 0 Å². The highest BCUT2D eigenvalue weighted by Gasteiger charge is 2.15. The van der Waals surface area contributed by atoms with E-state index in [4.69, 9.17) is 5.11 Å². The molecular weight excluding hydrogens is 144 g/mol. The predicted octanol–water partition coefficient (Wildman–Crippen LogP) is 0.608. The van der Waals surface area contributed by atoms with Crippen LogP contribution >= 0.6 is 0 Å². The Bertz CT molecular complexity index is 267. The van der Waals surface area contributed by atoms with Crippen LogP contribution < -0.4 is 0 Å². The second kappa shape index (κ2) is 2.74. The van der Waals surface area contributed by atoms with Crippen LogP contribution in [0.5, 0.6) is 0 Å². The van der Waals surface area contributed by atoms with Crippen molar-refractivity contribution in [1.29, 1.82) is 0 Å². The topological polar surface area (TPSA) is 55.1 Å². The highest BCUT2D eigenvalue weighted by Crippen LogP contribution is 2.11. The molecule has 0 bridgehead atoms. The minimum atomic E-state index is -0.844. The predicted molar refractivity (Wildman–Crippen MR) is 39.3 cm³/mol. The fourth-order valence-electron chi connectivity index (χ4n) is 0.790. The molecule has 1 atom stereocenters. The summed E-state index contributed by atoms with van der Waals surface area (Å²) in [5.41, 5.74) is 0.597. The van der Waals surface area contributed by atoms with E-state index in [-0.39, 0.29) is 0 Å². The monoisotopic (exact) mass is 154 g/mol. The Balaban J connectivity index is 2.84. The molecule has 0 unspecified atom stereocenters. The van der Waals surface area contributed by atoms with Gasteiger partial charge in [-0.05, 0) is 13.0 Å². The first kappa shape index (κ1) is 7.78. The van der Waals surface area contributed by atoms with Gasteiger partial charge in [0.1, 0.15) is 0 Å². The number of aryl methyl sites for hydroxylation is 1. The molecule has 1 aromatic rings. The average Bonchev–Trinajstić information content (AvgIpc) is 2.34. The molecule has 60 valence electrons. The normalized spacial score (nSPS) is 12.9. The smallest absolute Gasteiger partial charge is 0.312 e. The molecule has 1 N–H and O–H groups in total. The molecule has 0 saturated carbocycles. The van der Waals surface area contributed by atoms with E-state index in [1.165, 1.54) is 0 Å². The van der Waals surface area contributed by atoms with Crippen LogP contribution in [0.4, 0.5) is 0 Å². The lowest BCUT2D eigenvalue weighted by Gasteiger charge is -1.99. The highest BCUT2D eigenvalue weighted by atomic mass is 16.4. The maximum Gasteiger partial charge on any atom is 0.312 e. The number of rotatable bonds is 2. The fourth-order valence-corrected chi connectivity index (χ4v) is 0.790. The average molecular weight is 154 g/mol. The van der Waals surface area contributed by atoms with E-state index in [9.17, 15) is 4.79 Å². The summed E-state index contributed by atoms with van der Waals surface area (Å²) in [6.45, 7) is 1.62. The molecular formula is C7H10N2O2. The highest BCUT2D eigenvalue weighted by molar-refractivity contribution is 5.74. The third-order valence-electron chi connectivity index (χ3n) is 1.55. The number of aliphatic carboxylic acids is 1. The van der Waals surface area contributed by atoms with Gasteiger partial charge in [0.15, 0.2) is 0 Å². The third kappa shape index (κ3) is 1.58. The molecule has 0 spiro atoms. The largest absolute Gasteiger partial charge is 0.481 e. The first-order valence-electron chi connectivity index (χ1n) is 3.33. The first-order chi connectivity index (χ1) is 5.11. The molecule has 11 heavy (non-hydrogen) atoms. The van der Waals surface area contributed by atoms with Crippen LogP contribution in [0.2, 0.25) is 0 Å². The van der Waals surface area contributed by atoms with Crippen molar-refractivity contribution in [2.75, 3.05) is 0 Å². The molecule has 0 aliphatic rings. The zero-order valence-electron chi connectivity index (χ0n) is 6.48. The van der Waals surface area contributed by atoms with E-state index in [0.717, 1.165) is 0 Å². The number of hydrogen-bond acceptors (Lipinski definition) is 2. The molecule has 4 heteroatoms. The van der Waals surface area contributed by atoms with Crippen molar-refractivity contribution < 1.29 is 9.90 Å². The Morgan fingerprint density at radius 3 is 2.82 bits per heavy atom. The maximum atomic E-state index is 10.5. The molecule has 0 radical (unpaired) electrons. The van der Waals surface area contributed by atoms with Crippen LogP contribution in [-0.2, 0) is 11.8 Å². The number of hydrogen-bond donors (Lipinski definition) is 1. The fraction of sp³-hybridized carbons (Fsp3) is 0.429.